The van der Waals surface area contributed by atoms with Gasteiger partial charge in [0.05, 0.1) is 25.0 Å². The lowest BCUT2D eigenvalue weighted by Gasteiger charge is -2.62. The summed E-state index contributed by atoms with van der Waals surface area (Å²) in [4.78, 5) is 47.4. The predicted octanol–water partition coefficient (Wildman–Crippen LogP) is 1.04. The topological polar surface area (TPSA) is 158 Å². The van der Waals surface area contributed by atoms with Crippen molar-refractivity contribution in [2.45, 2.75) is 75.9 Å². The number of halogens is 1. The minimum Gasteiger partial charge on any atom is -0.481 e. The summed E-state index contributed by atoms with van der Waals surface area (Å²) in [6.07, 6.45) is 0.282. The number of hydrogen-bond acceptors (Lipinski definition) is 8. The molecule has 0 aromatic carbocycles. The average molecular weight is 495 g/mol. The van der Waals surface area contributed by atoms with E-state index in [0.717, 1.165) is 0 Å². The number of carboxylic acids is 1. The second-order valence-electron chi connectivity index (χ2n) is 10.8. The van der Waals surface area contributed by atoms with Gasteiger partial charge in [0, 0.05) is 16.7 Å². The number of carbonyl (C=O) groups excluding carboxylic acids is 3. The van der Waals surface area contributed by atoms with E-state index in [4.69, 9.17) is 9.84 Å². The van der Waals surface area contributed by atoms with Crippen LogP contribution in [0.4, 0.5) is 4.39 Å². The monoisotopic (exact) mass is 494 g/mol. The van der Waals surface area contributed by atoms with Gasteiger partial charge < -0.3 is 25.2 Å². The number of alkyl halides is 1. The number of aliphatic carboxylic acids is 1. The molecule has 0 radical (unpaired) electrons. The van der Waals surface area contributed by atoms with Crippen molar-refractivity contribution in [1.82, 2.24) is 0 Å². The maximum atomic E-state index is 17.0. The standard InChI is InChI=1S/C25H31FO9/c1-22-8-7-14(27)9-13(22)3-4-15-16-10-17(28)25(34,23(16,2)11-18(29)24(15,22)26)19(30)12-35-21(33)6-5-20(31)32/h7-9,15-18,28-29,34H,3-6,10-12H2,1-2H3,(H,31,32)/t15-,16-,17+,18-,22-,23-,24-,25-/m0/s1. The highest BCUT2D eigenvalue weighted by molar-refractivity contribution is 6.01. The Kier molecular flexibility index (Phi) is 6.09. The third kappa shape index (κ3) is 3.44. The van der Waals surface area contributed by atoms with Crippen LogP contribution in [0.1, 0.15) is 52.4 Å². The molecular weight excluding hydrogens is 463 g/mol. The van der Waals surface area contributed by atoms with Crippen LogP contribution in [-0.4, -0.2) is 74.0 Å². The number of ether oxygens (including phenoxy) is 1. The van der Waals surface area contributed by atoms with Crippen LogP contribution in [0.2, 0.25) is 0 Å². The van der Waals surface area contributed by atoms with Crippen LogP contribution in [0.3, 0.4) is 0 Å². The van der Waals surface area contributed by atoms with Crippen molar-refractivity contribution in [1.29, 1.82) is 0 Å². The van der Waals surface area contributed by atoms with Crippen molar-refractivity contribution in [2.24, 2.45) is 22.7 Å². The van der Waals surface area contributed by atoms with E-state index in [2.05, 4.69) is 0 Å². The Labute approximate surface area is 201 Å². The number of esters is 1. The molecule has 8 atom stereocenters. The van der Waals surface area contributed by atoms with E-state index < -0.39 is 83.3 Å². The molecule has 4 N–H and O–H groups in total. The fraction of sp³-hybridized carbons (Fsp3) is 0.680. The highest BCUT2D eigenvalue weighted by Crippen LogP contribution is 2.69. The summed E-state index contributed by atoms with van der Waals surface area (Å²) in [5.41, 5.74) is -6.66. The van der Waals surface area contributed by atoms with Crippen molar-refractivity contribution in [3.05, 3.63) is 23.8 Å². The predicted molar refractivity (Wildman–Crippen MR) is 118 cm³/mol. The molecular formula is C25H31FO9. The van der Waals surface area contributed by atoms with Gasteiger partial charge in [-0.1, -0.05) is 18.6 Å². The van der Waals surface area contributed by atoms with Gasteiger partial charge >= 0.3 is 11.9 Å². The van der Waals surface area contributed by atoms with Crippen LogP contribution in [0.25, 0.3) is 0 Å². The largest absolute Gasteiger partial charge is 0.481 e. The molecule has 3 fully saturated rings. The van der Waals surface area contributed by atoms with Gasteiger partial charge in [-0.05, 0) is 50.7 Å². The molecule has 0 bridgehead atoms. The summed E-state index contributed by atoms with van der Waals surface area (Å²) < 4.78 is 21.9. The number of hydrogen-bond donors (Lipinski definition) is 4. The number of fused-ring (bicyclic) bond motifs is 5. The lowest BCUT2D eigenvalue weighted by atomic mass is 9.44. The lowest BCUT2D eigenvalue weighted by Crippen LogP contribution is -2.69. The molecule has 4 aliphatic rings. The molecule has 0 heterocycles. The number of ketones is 2. The molecule has 0 aliphatic heterocycles. The molecule has 10 heteroatoms. The first-order valence-corrected chi connectivity index (χ1v) is 11.8. The van der Waals surface area contributed by atoms with E-state index in [1.807, 2.05) is 0 Å². The van der Waals surface area contributed by atoms with Gasteiger partial charge in [0.25, 0.3) is 0 Å². The molecule has 35 heavy (non-hydrogen) atoms. The summed E-state index contributed by atoms with van der Waals surface area (Å²) in [6.45, 7) is 2.29. The summed E-state index contributed by atoms with van der Waals surface area (Å²) >= 11 is 0. The second kappa shape index (κ2) is 8.31. The Bertz CT molecular complexity index is 1040. The molecule has 3 saturated carbocycles. The Morgan fingerprint density at radius 1 is 1.14 bits per heavy atom. The third-order valence-electron chi connectivity index (χ3n) is 9.19. The molecule has 0 amide bonds. The Hall–Kier alpha value is -2.43. The zero-order chi connectivity index (χ0) is 26.0. The Morgan fingerprint density at radius 3 is 2.49 bits per heavy atom. The minimum atomic E-state index is -2.40. The van der Waals surface area contributed by atoms with Crippen LogP contribution in [0.5, 0.6) is 0 Å². The van der Waals surface area contributed by atoms with Gasteiger partial charge in [-0.3, -0.25) is 19.2 Å². The first-order chi connectivity index (χ1) is 16.2. The third-order valence-corrected chi connectivity index (χ3v) is 9.19. The molecule has 4 aliphatic carbocycles. The highest BCUT2D eigenvalue weighted by Gasteiger charge is 2.76. The molecule has 0 saturated heterocycles. The summed E-state index contributed by atoms with van der Waals surface area (Å²) in [5.74, 6) is -4.87. The van der Waals surface area contributed by atoms with E-state index in [1.165, 1.54) is 25.2 Å². The van der Waals surface area contributed by atoms with Crippen LogP contribution >= 0.6 is 0 Å². The zero-order valence-electron chi connectivity index (χ0n) is 19.7. The molecule has 0 aromatic rings. The number of rotatable bonds is 6. The highest BCUT2D eigenvalue weighted by atomic mass is 19.1. The van der Waals surface area contributed by atoms with Crippen molar-refractivity contribution >= 4 is 23.5 Å². The molecule has 0 unspecified atom stereocenters. The fourth-order valence-electron chi connectivity index (χ4n) is 7.27. The Morgan fingerprint density at radius 2 is 1.83 bits per heavy atom. The van der Waals surface area contributed by atoms with Crippen molar-refractivity contribution < 1.29 is 48.7 Å². The molecule has 0 spiro atoms. The Balaban J connectivity index is 1.62. The second-order valence-corrected chi connectivity index (χ2v) is 10.8. The van der Waals surface area contributed by atoms with Crippen molar-refractivity contribution in [3.8, 4) is 0 Å². The smallest absolute Gasteiger partial charge is 0.306 e. The quantitative estimate of drug-likeness (QED) is 0.396. The van der Waals surface area contributed by atoms with Crippen LogP contribution in [0.15, 0.2) is 23.8 Å². The molecule has 192 valence electrons. The van der Waals surface area contributed by atoms with E-state index in [1.54, 1.807) is 6.92 Å². The SMILES string of the molecule is C[C@]12C=CC(=O)C=C1CC[C@H]1[C@@H]3C[C@@H](O)[C@](O)(C(=O)COC(=O)CCC(=O)O)[C@@]3(C)C[C@H](O)[C@@]12F. The average Bonchev–Trinajstić information content (AvgIpc) is 2.99. The summed E-state index contributed by atoms with van der Waals surface area (Å²) in [5, 5.41) is 42.3. The van der Waals surface area contributed by atoms with Gasteiger partial charge in [0.1, 0.15) is 0 Å². The van der Waals surface area contributed by atoms with Crippen molar-refractivity contribution in [2.75, 3.05) is 6.61 Å². The number of aliphatic hydroxyl groups excluding tert-OH is 2. The summed E-state index contributed by atoms with van der Waals surface area (Å²) in [6, 6.07) is 0. The van der Waals surface area contributed by atoms with Gasteiger partial charge in [0.15, 0.2) is 23.7 Å². The van der Waals surface area contributed by atoms with Crippen LogP contribution in [-0.2, 0) is 23.9 Å². The van der Waals surface area contributed by atoms with Crippen LogP contribution in [0, 0.1) is 22.7 Å². The maximum Gasteiger partial charge on any atom is 0.306 e. The van der Waals surface area contributed by atoms with Gasteiger partial charge in [-0.25, -0.2) is 4.39 Å². The first-order valence-electron chi connectivity index (χ1n) is 11.8. The lowest BCUT2D eigenvalue weighted by molar-refractivity contribution is -0.222. The maximum absolute atomic E-state index is 17.0. The first kappa shape index (κ1) is 25.7. The van der Waals surface area contributed by atoms with Gasteiger partial charge in [0.2, 0.25) is 5.78 Å². The molecule has 9 nitrogen and oxygen atoms in total. The zero-order valence-corrected chi connectivity index (χ0v) is 19.7. The number of Topliss-reactive ketones (excluding diaryl/α,β-unsaturated/α-hetero) is 1. The summed E-state index contributed by atoms with van der Waals surface area (Å²) in [7, 11) is 0. The number of carboxylic acid groups (broad SMARTS) is 1. The molecule has 0 aromatic heterocycles. The number of allylic oxidation sites excluding steroid dienone is 4. The van der Waals surface area contributed by atoms with E-state index >= 15 is 4.39 Å². The van der Waals surface area contributed by atoms with Gasteiger partial charge in [-0.2, -0.15) is 0 Å². The van der Waals surface area contributed by atoms with E-state index in [9.17, 15) is 34.5 Å². The normalized spacial score (nSPS) is 44.1. The van der Waals surface area contributed by atoms with Gasteiger partial charge in [-0.15, -0.1) is 0 Å². The number of aliphatic hydroxyl groups is 3. The minimum absolute atomic E-state index is 0.0907. The number of carbonyl (C=O) groups is 4. The van der Waals surface area contributed by atoms with Crippen molar-refractivity contribution in [3.63, 3.8) is 0 Å². The fourth-order valence-corrected chi connectivity index (χ4v) is 7.27. The van der Waals surface area contributed by atoms with Crippen LogP contribution < -0.4 is 0 Å². The van der Waals surface area contributed by atoms with E-state index in [0.29, 0.717) is 12.0 Å². The van der Waals surface area contributed by atoms with E-state index in [-0.39, 0.29) is 25.0 Å². The molecule has 4 rings (SSSR count).